The van der Waals surface area contributed by atoms with E-state index < -0.39 is 78.0 Å². The molecule has 0 spiro atoms. The van der Waals surface area contributed by atoms with Crippen LogP contribution in [0.4, 0.5) is 85.1 Å². The number of nitrogens with one attached hydrogen (secondary N) is 1. The number of ketones is 1. The maximum absolute atomic E-state index is 14.1. The Morgan fingerprint density at radius 3 is 1.35 bits per heavy atom. The molecule has 0 atom stereocenters. The van der Waals surface area contributed by atoms with E-state index in [-0.39, 0.29) is 11.3 Å². The van der Waals surface area contributed by atoms with Gasteiger partial charge in [0.05, 0.1) is 0 Å². The standard InChI is InChI=1S/C22H18F17NO3/c1-10(41)11-4-6-12(7-5-11)40-13(42)43-14(2,3)8-9-15(23,24)16(25,26)17(27,28)18(29,30)19(31,32)20(33,34)21(35,36)22(37,38)39/h4-7H,8-9H2,1-3H3,(H,40,42). The predicted molar refractivity (Wildman–Crippen MR) is 111 cm³/mol. The lowest BCUT2D eigenvalue weighted by Crippen LogP contribution is -2.74. The molecule has 1 N–H and O–H groups in total. The molecule has 1 amide bonds. The molecular formula is C22H18F17NO3. The Kier molecular flexibility index (Phi) is 9.86. The Hall–Kier alpha value is -3.03. The molecule has 1 aromatic rings. The van der Waals surface area contributed by atoms with E-state index in [0.29, 0.717) is 13.8 Å². The zero-order chi connectivity index (χ0) is 34.5. The second-order valence-corrected chi connectivity index (χ2v) is 9.56. The summed E-state index contributed by atoms with van der Waals surface area (Å²) in [6.07, 6.45) is -13.8. The zero-order valence-corrected chi connectivity index (χ0v) is 21.4. The minimum Gasteiger partial charge on any atom is -0.443 e. The molecule has 0 bridgehead atoms. The van der Waals surface area contributed by atoms with Crippen molar-refractivity contribution in [1.29, 1.82) is 0 Å². The lowest BCUT2D eigenvalue weighted by molar-refractivity contribution is -0.462. The third-order valence-corrected chi connectivity index (χ3v) is 5.73. The molecule has 0 aliphatic rings. The van der Waals surface area contributed by atoms with E-state index in [2.05, 4.69) is 4.74 Å². The molecule has 0 saturated carbocycles. The number of hydrogen-bond acceptors (Lipinski definition) is 3. The van der Waals surface area contributed by atoms with Crippen molar-refractivity contribution >= 4 is 17.6 Å². The van der Waals surface area contributed by atoms with Gasteiger partial charge < -0.3 is 4.74 Å². The van der Waals surface area contributed by atoms with Gasteiger partial charge in [-0.2, -0.15) is 74.6 Å². The van der Waals surface area contributed by atoms with Gasteiger partial charge in [0, 0.05) is 17.7 Å². The lowest BCUT2D eigenvalue weighted by atomic mass is 9.87. The minimum absolute atomic E-state index is 0.0987. The van der Waals surface area contributed by atoms with Gasteiger partial charge in [0.1, 0.15) is 5.60 Å². The summed E-state index contributed by atoms with van der Waals surface area (Å²) < 4.78 is 232. The van der Waals surface area contributed by atoms with E-state index in [9.17, 15) is 84.2 Å². The Labute approximate surface area is 229 Å². The summed E-state index contributed by atoms with van der Waals surface area (Å²) >= 11 is 0. The van der Waals surface area contributed by atoms with Crippen LogP contribution in [0.5, 0.6) is 0 Å². The Morgan fingerprint density at radius 2 is 0.977 bits per heavy atom. The van der Waals surface area contributed by atoms with E-state index in [1.54, 1.807) is 0 Å². The number of alkyl halides is 17. The number of halogens is 17. The molecule has 0 aliphatic carbocycles. The highest BCUT2D eigenvalue weighted by Crippen LogP contribution is 2.64. The number of hydrogen-bond donors (Lipinski definition) is 1. The largest absolute Gasteiger partial charge is 0.460 e. The molecular weight excluding hydrogens is 649 g/mol. The number of Topliss-reactive ketones (excluding diaryl/α,β-unsaturated/α-hetero) is 1. The maximum Gasteiger partial charge on any atom is 0.460 e. The molecule has 43 heavy (non-hydrogen) atoms. The van der Waals surface area contributed by atoms with Crippen molar-refractivity contribution in [3.05, 3.63) is 29.8 Å². The zero-order valence-electron chi connectivity index (χ0n) is 21.4. The average Bonchev–Trinajstić information content (AvgIpc) is 2.81. The maximum atomic E-state index is 14.1. The van der Waals surface area contributed by atoms with Crippen LogP contribution in [0.15, 0.2) is 24.3 Å². The molecule has 0 aliphatic heterocycles. The monoisotopic (exact) mass is 667 g/mol. The Balaban J connectivity index is 3.22. The van der Waals surface area contributed by atoms with Crippen molar-refractivity contribution in [2.45, 2.75) is 86.8 Å². The summed E-state index contributed by atoms with van der Waals surface area (Å²) in [6, 6.07) is 4.66. The first-order valence-electron chi connectivity index (χ1n) is 11.1. The number of ether oxygens (including phenoxy) is 1. The van der Waals surface area contributed by atoms with Crippen LogP contribution < -0.4 is 5.32 Å². The molecule has 0 unspecified atom stereocenters. The van der Waals surface area contributed by atoms with Crippen molar-refractivity contribution in [2.24, 2.45) is 0 Å². The third kappa shape index (κ3) is 6.58. The van der Waals surface area contributed by atoms with Crippen LogP contribution in [0.25, 0.3) is 0 Å². The number of carbonyl (C=O) groups is 2. The van der Waals surface area contributed by atoms with Gasteiger partial charge in [0.2, 0.25) is 0 Å². The second kappa shape index (κ2) is 11.2. The van der Waals surface area contributed by atoms with Crippen LogP contribution in [-0.2, 0) is 4.74 Å². The first-order chi connectivity index (χ1) is 18.7. The van der Waals surface area contributed by atoms with Gasteiger partial charge in [-0.15, -0.1) is 0 Å². The van der Waals surface area contributed by atoms with Gasteiger partial charge in [-0.3, -0.25) is 10.1 Å². The van der Waals surface area contributed by atoms with E-state index in [1.165, 1.54) is 19.1 Å². The SMILES string of the molecule is CC(=O)c1ccc(NC(=O)OC(C)(C)CCC(F)(F)C(F)(F)C(F)(F)C(F)(F)C(F)(F)C(F)(F)C(F)(F)C(F)(F)F)cc1. The summed E-state index contributed by atoms with van der Waals surface area (Å²) in [5.74, 6) is -57.4. The Morgan fingerprint density at radius 1 is 0.605 bits per heavy atom. The summed E-state index contributed by atoms with van der Waals surface area (Å²) in [7, 11) is 0. The van der Waals surface area contributed by atoms with Crippen LogP contribution >= 0.6 is 0 Å². The van der Waals surface area contributed by atoms with E-state index in [4.69, 9.17) is 0 Å². The van der Waals surface area contributed by atoms with Crippen LogP contribution in [-0.4, -0.2) is 65.1 Å². The van der Waals surface area contributed by atoms with E-state index in [0.717, 1.165) is 12.1 Å². The third-order valence-electron chi connectivity index (χ3n) is 5.73. The van der Waals surface area contributed by atoms with Crippen molar-refractivity contribution in [2.75, 3.05) is 5.32 Å². The summed E-state index contributed by atoms with van der Waals surface area (Å²) in [5, 5.41) is 1.97. The lowest BCUT2D eigenvalue weighted by Gasteiger charge is -2.43. The highest BCUT2D eigenvalue weighted by molar-refractivity contribution is 5.95. The van der Waals surface area contributed by atoms with Gasteiger partial charge in [-0.1, -0.05) is 0 Å². The normalized spacial score (nSPS) is 14.9. The number of benzene rings is 1. The molecule has 0 heterocycles. The summed E-state index contributed by atoms with van der Waals surface area (Å²) in [4.78, 5) is 23.2. The van der Waals surface area contributed by atoms with Crippen LogP contribution in [0.2, 0.25) is 0 Å². The molecule has 0 saturated heterocycles. The smallest absolute Gasteiger partial charge is 0.443 e. The van der Waals surface area contributed by atoms with Gasteiger partial charge in [0.25, 0.3) is 0 Å². The fourth-order valence-electron chi connectivity index (χ4n) is 3.04. The molecule has 0 aromatic heterocycles. The van der Waals surface area contributed by atoms with Crippen molar-refractivity contribution in [3.63, 3.8) is 0 Å². The van der Waals surface area contributed by atoms with Gasteiger partial charge in [0.15, 0.2) is 5.78 Å². The number of anilines is 1. The van der Waals surface area contributed by atoms with Crippen molar-refractivity contribution < 1.29 is 89.0 Å². The van der Waals surface area contributed by atoms with Gasteiger partial charge >= 0.3 is 53.7 Å². The Bertz CT molecular complexity index is 1170. The number of amides is 1. The molecule has 248 valence electrons. The molecule has 0 fully saturated rings. The average molecular weight is 667 g/mol. The molecule has 1 rings (SSSR count). The van der Waals surface area contributed by atoms with Gasteiger partial charge in [-0.25, -0.2) is 4.79 Å². The van der Waals surface area contributed by atoms with Crippen LogP contribution in [0, 0.1) is 0 Å². The first kappa shape index (κ1) is 38.0. The van der Waals surface area contributed by atoms with Crippen LogP contribution in [0.1, 0.15) is 44.0 Å². The number of rotatable bonds is 12. The summed E-state index contributed by atoms with van der Waals surface area (Å²) in [5.41, 5.74) is -2.31. The fourth-order valence-corrected chi connectivity index (χ4v) is 3.04. The highest BCUT2D eigenvalue weighted by Gasteiger charge is 2.95. The quantitative estimate of drug-likeness (QED) is 0.179. The van der Waals surface area contributed by atoms with Crippen LogP contribution in [0.3, 0.4) is 0 Å². The van der Waals surface area contributed by atoms with E-state index in [1.807, 2.05) is 5.32 Å². The molecule has 21 heteroatoms. The topological polar surface area (TPSA) is 55.4 Å². The van der Waals surface area contributed by atoms with Gasteiger partial charge in [-0.05, 0) is 51.5 Å². The molecule has 1 aromatic carbocycles. The second-order valence-electron chi connectivity index (χ2n) is 9.56. The van der Waals surface area contributed by atoms with E-state index >= 15 is 0 Å². The minimum atomic E-state index is -8.70. The number of carbonyl (C=O) groups excluding carboxylic acids is 2. The predicted octanol–water partition coefficient (Wildman–Crippen LogP) is 9.01. The molecule has 0 radical (unpaired) electrons. The van der Waals surface area contributed by atoms with Crippen molar-refractivity contribution in [3.8, 4) is 0 Å². The summed E-state index contributed by atoms with van der Waals surface area (Å²) in [6.45, 7) is 2.52. The fraction of sp³-hybridized carbons (Fsp3) is 0.636. The first-order valence-corrected chi connectivity index (χ1v) is 11.1. The molecule has 4 nitrogen and oxygen atoms in total. The van der Waals surface area contributed by atoms with Crippen molar-refractivity contribution in [1.82, 2.24) is 0 Å². The highest BCUT2D eigenvalue weighted by atomic mass is 19.4.